The van der Waals surface area contributed by atoms with Crippen molar-refractivity contribution in [2.24, 2.45) is 0 Å². The number of nitrogens with zero attached hydrogens (tertiary/aromatic N) is 3. The Morgan fingerprint density at radius 1 is 1.26 bits per heavy atom. The lowest BCUT2D eigenvalue weighted by molar-refractivity contribution is -0.129. The second kappa shape index (κ2) is 6.85. The summed E-state index contributed by atoms with van der Waals surface area (Å²) < 4.78 is 0. The molecule has 1 aliphatic rings. The van der Waals surface area contributed by atoms with Crippen molar-refractivity contribution in [3.05, 3.63) is 46.4 Å². The first-order chi connectivity index (χ1) is 11.1. The first kappa shape index (κ1) is 16.2. The molecule has 1 aromatic carbocycles. The molecule has 1 aromatic heterocycles. The average Bonchev–Trinajstić information content (AvgIpc) is 2.60. The SMILES string of the molecule is CCc1nc2c(c(-c3ccc(Cl)cc3)n1)CN(C(=O)CCl)CC2. The highest BCUT2D eigenvalue weighted by molar-refractivity contribution is 6.30. The molecule has 23 heavy (non-hydrogen) atoms. The van der Waals surface area contributed by atoms with Crippen LogP contribution < -0.4 is 0 Å². The maximum absolute atomic E-state index is 11.9. The van der Waals surface area contributed by atoms with Crippen LogP contribution in [0, 0.1) is 0 Å². The second-order valence-corrected chi connectivity index (χ2v) is 6.18. The summed E-state index contributed by atoms with van der Waals surface area (Å²) in [6, 6.07) is 7.60. The summed E-state index contributed by atoms with van der Waals surface area (Å²) in [5.74, 6) is 0.768. The molecule has 0 fully saturated rings. The van der Waals surface area contributed by atoms with Gasteiger partial charge in [0.05, 0.1) is 11.4 Å². The minimum Gasteiger partial charge on any atom is -0.337 e. The van der Waals surface area contributed by atoms with Gasteiger partial charge in [-0.05, 0) is 12.1 Å². The van der Waals surface area contributed by atoms with Gasteiger partial charge in [0.15, 0.2) is 0 Å². The highest BCUT2D eigenvalue weighted by Gasteiger charge is 2.25. The summed E-state index contributed by atoms with van der Waals surface area (Å²) in [5, 5.41) is 0.686. The summed E-state index contributed by atoms with van der Waals surface area (Å²) in [6.07, 6.45) is 1.51. The summed E-state index contributed by atoms with van der Waals surface area (Å²) in [4.78, 5) is 23.0. The predicted octanol–water partition coefficient (Wildman–Crippen LogP) is 3.48. The van der Waals surface area contributed by atoms with Gasteiger partial charge in [0, 0.05) is 42.1 Å². The smallest absolute Gasteiger partial charge is 0.237 e. The largest absolute Gasteiger partial charge is 0.337 e. The average molecular weight is 350 g/mol. The Labute approximate surface area is 145 Å². The molecule has 0 radical (unpaired) electrons. The van der Waals surface area contributed by atoms with Crippen LogP contribution in [-0.2, 0) is 24.2 Å². The topological polar surface area (TPSA) is 46.1 Å². The third kappa shape index (κ3) is 3.33. The van der Waals surface area contributed by atoms with Crippen LogP contribution in [0.4, 0.5) is 0 Å². The summed E-state index contributed by atoms with van der Waals surface area (Å²) in [7, 11) is 0. The maximum Gasteiger partial charge on any atom is 0.237 e. The molecular weight excluding hydrogens is 333 g/mol. The minimum atomic E-state index is -0.0565. The van der Waals surface area contributed by atoms with E-state index in [1.165, 1.54) is 0 Å². The highest BCUT2D eigenvalue weighted by Crippen LogP contribution is 2.29. The Morgan fingerprint density at radius 3 is 2.65 bits per heavy atom. The lowest BCUT2D eigenvalue weighted by atomic mass is 9.99. The molecule has 1 amide bonds. The van der Waals surface area contributed by atoms with Gasteiger partial charge in [0.2, 0.25) is 5.91 Å². The molecule has 2 heterocycles. The first-order valence-electron chi connectivity index (χ1n) is 7.60. The van der Waals surface area contributed by atoms with Crippen LogP contribution in [0.5, 0.6) is 0 Å². The molecule has 0 unspecified atom stereocenters. The molecule has 0 atom stereocenters. The van der Waals surface area contributed by atoms with E-state index in [4.69, 9.17) is 28.2 Å². The van der Waals surface area contributed by atoms with Crippen molar-refractivity contribution in [2.75, 3.05) is 12.4 Å². The quantitative estimate of drug-likeness (QED) is 0.796. The molecule has 0 bridgehead atoms. The van der Waals surface area contributed by atoms with Gasteiger partial charge < -0.3 is 4.90 Å². The van der Waals surface area contributed by atoms with Crippen molar-refractivity contribution in [3.8, 4) is 11.3 Å². The van der Waals surface area contributed by atoms with Crippen LogP contribution in [0.3, 0.4) is 0 Å². The molecule has 0 saturated carbocycles. The van der Waals surface area contributed by atoms with Gasteiger partial charge in [0.1, 0.15) is 11.7 Å². The van der Waals surface area contributed by atoms with Gasteiger partial charge in [0.25, 0.3) is 0 Å². The lowest BCUT2D eigenvalue weighted by Gasteiger charge is -2.29. The predicted molar refractivity (Wildman–Crippen MR) is 91.7 cm³/mol. The number of hydrogen-bond acceptors (Lipinski definition) is 3. The van der Waals surface area contributed by atoms with Crippen molar-refractivity contribution in [1.82, 2.24) is 14.9 Å². The van der Waals surface area contributed by atoms with Gasteiger partial charge >= 0.3 is 0 Å². The van der Waals surface area contributed by atoms with Gasteiger partial charge in [-0.1, -0.05) is 30.7 Å². The monoisotopic (exact) mass is 349 g/mol. The molecule has 0 saturated heterocycles. The zero-order valence-electron chi connectivity index (χ0n) is 12.9. The van der Waals surface area contributed by atoms with Crippen molar-refractivity contribution in [1.29, 1.82) is 0 Å². The number of carbonyl (C=O) groups is 1. The molecule has 0 aliphatic carbocycles. The van der Waals surface area contributed by atoms with Gasteiger partial charge in [-0.15, -0.1) is 11.6 Å². The highest BCUT2D eigenvalue weighted by atomic mass is 35.5. The maximum atomic E-state index is 11.9. The molecule has 120 valence electrons. The van der Waals surface area contributed by atoms with E-state index in [-0.39, 0.29) is 11.8 Å². The van der Waals surface area contributed by atoms with E-state index in [2.05, 4.69) is 4.98 Å². The van der Waals surface area contributed by atoms with E-state index in [0.29, 0.717) is 18.1 Å². The van der Waals surface area contributed by atoms with Crippen molar-refractivity contribution in [2.45, 2.75) is 26.3 Å². The van der Waals surface area contributed by atoms with E-state index >= 15 is 0 Å². The number of benzene rings is 1. The Hall–Kier alpha value is -1.65. The summed E-state index contributed by atoms with van der Waals surface area (Å²) in [6.45, 7) is 3.20. The van der Waals surface area contributed by atoms with Crippen molar-refractivity contribution in [3.63, 3.8) is 0 Å². The van der Waals surface area contributed by atoms with E-state index in [0.717, 1.165) is 41.2 Å². The minimum absolute atomic E-state index is 0.000484. The van der Waals surface area contributed by atoms with Crippen LogP contribution in [0.1, 0.15) is 24.0 Å². The Morgan fingerprint density at radius 2 is 2.00 bits per heavy atom. The number of aromatic nitrogens is 2. The summed E-state index contributed by atoms with van der Waals surface area (Å²) >= 11 is 11.7. The number of carbonyl (C=O) groups excluding carboxylic acids is 1. The third-order valence-corrected chi connectivity index (χ3v) is 4.49. The van der Waals surface area contributed by atoms with Gasteiger partial charge in [-0.2, -0.15) is 0 Å². The van der Waals surface area contributed by atoms with Crippen molar-refractivity contribution < 1.29 is 4.79 Å². The van der Waals surface area contributed by atoms with E-state index in [9.17, 15) is 4.79 Å². The fourth-order valence-corrected chi connectivity index (χ4v) is 3.06. The van der Waals surface area contributed by atoms with E-state index in [1.54, 1.807) is 4.90 Å². The number of halogens is 2. The van der Waals surface area contributed by atoms with Crippen LogP contribution in [0.2, 0.25) is 5.02 Å². The van der Waals surface area contributed by atoms with E-state index < -0.39 is 0 Å². The fraction of sp³-hybridized carbons (Fsp3) is 0.353. The number of fused-ring (bicyclic) bond motifs is 1. The Balaban J connectivity index is 2.08. The molecule has 3 rings (SSSR count). The zero-order chi connectivity index (χ0) is 16.4. The fourth-order valence-electron chi connectivity index (χ4n) is 2.77. The second-order valence-electron chi connectivity index (χ2n) is 5.47. The molecular formula is C17H17Cl2N3O. The Bertz CT molecular complexity index is 731. The molecule has 0 spiro atoms. The molecule has 4 nitrogen and oxygen atoms in total. The first-order valence-corrected chi connectivity index (χ1v) is 8.52. The summed E-state index contributed by atoms with van der Waals surface area (Å²) in [5.41, 5.74) is 3.91. The molecule has 1 aliphatic heterocycles. The van der Waals surface area contributed by atoms with Crippen LogP contribution in [-0.4, -0.2) is 33.2 Å². The number of hydrogen-bond donors (Lipinski definition) is 0. The standard InChI is InChI=1S/C17H17Cl2N3O/c1-2-15-20-14-7-8-22(16(23)9-18)10-13(14)17(21-15)11-3-5-12(19)6-4-11/h3-6H,2,7-10H2,1H3. The van der Waals surface area contributed by atoms with Gasteiger partial charge in [-0.3, -0.25) is 4.79 Å². The number of alkyl halides is 1. The van der Waals surface area contributed by atoms with Crippen LogP contribution in [0.25, 0.3) is 11.3 Å². The third-order valence-electron chi connectivity index (χ3n) is 4.01. The normalized spacial score (nSPS) is 13.8. The Kier molecular flexibility index (Phi) is 4.83. The number of rotatable bonds is 3. The van der Waals surface area contributed by atoms with Crippen molar-refractivity contribution >= 4 is 29.1 Å². The lowest BCUT2D eigenvalue weighted by Crippen LogP contribution is -2.37. The number of amides is 1. The molecule has 0 N–H and O–H groups in total. The van der Waals surface area contributed by atoms with E-state index in [1.807, 2.05) is 31.2 Å². The zero-order valence-corrected chi connectivity index (χ0v) is 14.4. The number of aryl methyl sites for hydroxylation is 1. The van der Waals surface area contributed by atoms with Gasteiger partial charge in [-0.25, -0.2) is 9.97 Å². The molecule has 2 aromatic rings. The van der Waals surface area contributed by atoms with Crippen LogP contribution >= 0.6 is 23.2 Å². The van der Waals surface area contributed by atoms with Crippen LogP contribution in [0.15, 0.2) is 24.3 Å². The molecule has 6 heteroatoms.